The molecule has 132 valence electrons. The number of aryl methyl sites for hydroxylation is 1. The lowest BCUT2D eigenvalue weighted by Gasteiger charge is -2.09. The Kier molecular flexibility index (Phi) is 3.54. The van der Waals surface area contributed by atoms with Crippen molar-refractivity contribution in [2.75, 3.05) is 14.2 Å². The van der Waals surface area contributed by atoms with E-state index in [9.17, 15) is 9.90 Å². The van der Waals surface area contributed by atoms with Gasteiger partial charge < -0.3 is 19.1 Å². The van der Waals surface area contributed by atoms with E-state index in [-0.39, 0.29) is 5.69 Å². The fraction of sp³-hybridized carbons (Fsp3) is 0.167. The smallest absolute Gasteiger partial charge is 0.354 e. The number of aromatic nitrogens is 4. The van der Waals surface area contributed by atoms with Gasteiger partial charge in [0.25, 0.3) is 0 Å². The molecule has 0 fully saturated rings. The summed E-state index contributed by atoms with van der Waals surface area (Å²) >= 11 is 0. The van der Waals surface area contributed by atoms with Crippen LogP contribution in [0.3, 0.4) is 0 Å². The van der Waals surface area contributed by atoms with Gasteiger partial charge in [0.2, 0.25) is 0 Å². The number of hydrogen-bond acceptors (Lipinski definition) is 5. The van der Waals surface area contributed by atoms with Gasteiger partial charge in [-0.15, -0.1) is 0 Å². The number of carboxylic acid groups (broad SMARTS) is 1. The third-order valence-corrected chi connectivity index (χ3v) is 4.41. The molecule has 0 aliphatic heterocycles. The zero-order chi connectivity index (χ0) is 18.4. The zero-order valence-corrected chi connectivity index (χ0v) is 14.4. The minimum Gasteiger partial charge on any atom is -0.497 e. The molecule has 8 heteroatoms. The van der Waals surface area contributed by atoms with E-state index >= 15 is 0 Å². The number of pyridine rings is 1. The maximum absolute atomic E-state index is 11.5. The van der Waals surface area contributed by atoms with E-state index in [1.54, 1.807) is 32.5 Å². The lowest BCUT2D eigenvalue weighted by atomic mass is 10.0. The van der Waals surface area contributed by atoms with Gasteiger partial charge in [-0.1, -0.05) is 0 Å². The number of aromatic amines is 1. The number of H-pyrrole nitrogens is 1. The van der Waals surface area contributed by atoms with Crippen molar-refractivity contribution in [3.63, 3.8) is 0 Å². The van der Waals surface area contributed by atoms with Crippen molar-refractivity contribution in [2.45, 2.75) is 0 Å². The van der Waals surface area contributed by atoms with E-state index in [1.807, 2.05) is 23.9 Å². The Balaban J connectivity index is 2.11. The second kappa shape index (κ2) is 5.76. The van der Waals surface area contributed by atoms with E-state index in [0.29, 0.717) is 17.1 Å². The minimum absolute atomic E-state index is 0.0544. The zero-order valence-electron chi connectivity index (χ0n) is 14.4. The number of carboxylic acids is 1. The van der Waals surface area contributed by atoms with Crippen LogP contribution in [0.5, 0.6) is 11.5 Å². The van der Waals surface area contributed by atoms with Crippen LogP contribution in [0.15, 0.2) is 30.6 Å². The van der Waals surface area contributed by atoms with Gasteiger partial charge >= 0.3 is 5.97 Å². The van der Waals surface area contributed by atoms with Crippen LogP contribution in [-0.2, 0) is 7.05 Å². The average molecular weight is 352 g/mol. The summed E-state index contributed by atoms with van der Waals surface area (Å²) in [5.41, 5.74) is 2.82. The highest BCUT2D eigenvalue weighted by atomic mass is 16.5. The summed E-state index contributed by atoms with van der Waals surface area (Å²) < 4.78 is 12.9. The van der Waals surface area contributed by atoms with Gasteiger partial charge in [0.1, 0.15) is 11.5 Å². The van der Waals surface area contributed by atoms with E-state index in [0.717, 1.165) is 27.4 Å². The van der Waals surface area contributed by atoms with Crippen molar-refractivity contribution in [1.29, 1.82) is 0 Å². The predicted molar refractivity (Wildman–Crippen MR) is 95.9 cm³/mol. The summed E-state index contributed by atoms with van der Waals surface area (Å²) in [6.07, 6.45) is 3.57. The van der Waals surface area contributed by atoms with Gasteiger partial charge in [-0.25, -0.2) is 9.78 Å². The largest absolute Gasteiger partial charge is 0.497 e. The summed E-state index contributed by atoms with van der Waals surface area (Å²) in [5.74, 6) is 0.216. The lowest BCUT2D eigenvalue weighted by Crippen LogP contribution is -2.01. The minimum atomic E-state index is -1.10. The summed E-state index contributed by atoms with van der Waals surface area (Å²) in [6, 6.07) is 5.27. The summed E-state index contributed by atoms with van der Waals surface area (Å²) in [6.45, 7) is 0. The highest BCUT2D eigenvalue weighted by Crippen LogP contribution is 2.41. The number of nitrogens with zero attached hydrogens (tertiary/aromatic N) is 3. The van der Waals surface area contributed by atoms with Crippen molar-refractivity contribution < 1.29 is 19.4 Å². The second-order valence-corrected chi connectivity index (χ2v) is 5.87. The molecule has 0 saturated carbocycles. The number of fused-ring (bicyclic) bond motifs is 2. The first kappa shape index (κ1) is 15.9. The van der Waals surface area contributed by atoms with Gasteiger partial charge in [0.05, 0.1) is 25.9 Å². The molecule has 2 N–H and O–H groups in total. The number of carbonyl (C=O) groups is 1. The highest BCUT2D eigenvalue weighted by Gasteiger charge is 2.20. The summed E-state index contributed by atoms with van der Waals surface area (Å²) in [7, 11) is 5.10. The first-order chi connectivity index (χ1) is 12.5. The third kappa shape index (κ3) is 2.26. The van der Waals surface area contributed by atoms with Gasteiger partial charge in [-0.2, -0.15) is 5.10 Å². The first-order valence-electron chi connectivity index (χ1n) is 7.82. The SMILES string of the molecule is COc1cc(OC)c2c(-c3cc(C(=O)O)nc4[nH]ncc34)cn(C)c2c1. The normalized spacial score (nSPS) is 11.2. The Morgan fingerprint density at radius 2 is 2.00 bits per heavy atom. The molecule has 8 nitrogen and oxygen atoms in total. The van der Waals surface area contributed by atoms with Crippen molar-refractivity contribution in [3.05, 3.63) is 36.3 Å². The molecule has 0 radical (unpaired) electrons. The van der Waals surface area contributed by atoms with E-state index < -0.39 is 5.97 Å². The Labute approximate surface area is 148 Å². The maximum Gasteiger partial charge on any atom is 0.354 e. The molecule has 0 atom stereocenters. The maximum atomic E-state index is 11.5. The molecular weight excluding hydrogens is 336 g/mol. The van der Waals surface area contributed by atoms with Crippen LogP contribution >= 0.6 is 0 Å². The Morgan fingerprint density at radius 1 is 1.19 bits per heavy atom. The second-order valence-electron chi connectivity index (χ2n) is 5.87. The Hall–Kier alpha value is -3.55. The molecule has 0 bridgehead atoms. The molecule has 0 unspecified atom stereocenters. The van der Waals surface area contributed by atoms with Gasteiger partial charge in [-0.05, 0) is 11.6 Å². The van der Waals surface area contributed by atoms with Gasteiger partial charge in [0.15, 0.2) is 11.3 Å². The van der Waals surface area contributed by atoms with Crippen LogP contribution in [0.25, 0.3) is 33.1 Å². The molecule has 4 aromatic rings. The van der Waals surface area contributed by atoms with Crippen LogP contribution in [0.4, 0.5) is 0 Å². The molecular formula is C18H16N4O4. The van der Waals surface area contributed by atoms with Crippen LogP contribution in [-0.4, -0.2) is 45.0 Å². The monoisotopic (exact) mass is 352 g/mol. The van der Waals surface area contributed by atoms with Gasteiger partial charge in [0, 0.05) is 41.7 Å². The van der Waals surface area contributed by atoms with Crippen molar-refractivity contribution in [3.8, 4) is 22.6 Å². The number of aromatic carboxylic acids is 1. The number of hydrogen-bond donors (Lipinski definition) is 2. The van der Waals surface area contributed by atoms with Gasteiger partial charge in [-0.3, -0.25) is 5.10 Å². The molecule has 0 saturated heterocycles. The van der Waals surface area contributed by atoms with Crippen molar-refractivity contribution >= 4 is 27.9 Å². The van der Waals surface area contributed by atoms with E-state index in [1.165, 1.54) is 0 Å². The van der Waals surface area contributed by atoms with E-state index in [2.05, 4.69) is 15.2 Å². The van der Waals surface area contributed by atoms with E-state index in [4.69, 9.17) is 9.47 Å². The quantitative estimate of drug-likeness (QED) is 0.585. The molecule has 0 amide bonds. The number of ether oxygens (including phenoxy) is 2. The number of benzene rings is 1. The van der Waals surface area contributed by atoms with Crippen LogP contribution in [0, 0.1) is 0 Å². The Morgan fingerprint density at radius 3 is 2.69 bits per heavy atom. The van der Waals surface area contributed by atoms with Crippen LogP contribution in [0.1, 0.15) is 10.5 Å². The first-order valence-corrected chi connectivity index (χ1v) is 7.82. The van der Waals surface area contributed by atoms with Crippen LogP contribution < -0.4 is 9.47 Å². The van der Waals surface area contributed by atoms with Crippen LogP contribution in [0.2, 0.25) is 0 Å². The standard InChI is InChI=1S/C18H16N4O4/c1-22-8-12(16-14(22)4-9(25-2)5-15(16)26-3)10-6-13(18(23)24)20-17-11(10)7-19-21-17/h4-8H,1-3H3,(H,23,24)(H,19,20,21). The molecule has 0 spiro atoms. The number of nitrogens with one attached hydrogen (secondary N) is 1. The Bertz CT molecular complexity index is 1160. The third-order valence-electron chi connectivity index (χ3n) is 4.41. The number of methoxy groups -OCH3 is 2. The molecule has 0 aliphatic rings. The van der Waals surface area contributed by atoms with Crippen molar-refractivity contribution in [2.24, 2.45) is 7.05 Å². The molecule has 3 heterocycles. The lowest BCUT2D eigenvalue weighted by molar-refractivity contribution is 0.0691. The molecule has 0 aliphatic carbocycles. The molecule has 26 heavy (non-hydrogen) atoms. The topological polar surface area (TPSA) is 102 Å². The molecule has 4 rings (SSSR count). The average Bonchev–Trinajstić information content (AvgIpc) is 3.24. The fourth-order valence-electron chi connectivity index (χ4n) is 3.20. The highest BCUT2D eigenvalue weighted by molar-refractivity contribution is 6.08. The number of rotatable bonds is 4. The predicted octanol–water partition coefficient (Wildman–Crippen LogP) is 2.83. The molecule has 1 aromatic carbocycles. The summed E-state index contributed by atoms with van der Waals surface area (Å²) in [4.78, 5) is 15.6. The fourth-order valence-corrected chi connectivity index (χ4v) is 3.20. The summed E-state index contributed by atoms with van der Waals surface area (Å²) in [5, 5.41) is 17.7. The van der Waals surface area contributed by atoms with Crippen molar-refractivity contribution in [1.82, 2.24) is 19.7 Å². The molecule has 3 aromatic heterocycles.